The van der Waals surface area contributed by atoms with Crippen LogP contribution in [-0.4, -0.2) is 67.0 Å². The van der Waals surface area contributed by atoms with Crippen molar-refractivity contribution in [3.8, 4) is 40.3 Å². The van der Waals surface area contributed by atoms with Gasteiger partial charge in [-0.05, 0) is 31.2 Å². The van der Waals surface area contributed by atoms with Gasteiger partial charge in [-0.15, -0.1) is 10.2 Å². The number of aromatic nitrogens is 4. The first-order valence-electron chi connectivity index (χ1n) is 11.8. The molecule has 0 unspecified atom stereocenters. The first kappa shape index (κ1) is 27.7. The SMILES string of the molecule is COc1cccc(-c2nnc(NS(=O)(=O)[C@H](C)[C@H](O)c3ccccc3OC)n2-c2c(OC)cccc2OC)n1. The van der Waals surface area contributed by atoms with E-state index in [4.69, 9.17) is 18.9 Å². The highest BCUT2D eigenvalue weighted by Gasteiger charge is 2.33. The third kappa shape index (κ3) is 5.45. The van der Waals surface area contributed by atoms with Crippen LogP contribution < -0.4 is 23.7 Å². The minimum atomic E-state index is -4.24. The normalized spacial score (nSPS) is 12.9. The van der Waals surface area contributed by atoms with Crippen molar-refractivity contribution in [2.75, 3.05) is 33.2 Å². The molecule has 39 heavy (non-hydrogen) atoms. The van der Waals surface area contributed by atoms with Gasteiger partial charge in [0.2, 0.25) is 21.9 Å². The molecule has 0 saturated heterocycles. The lowest BCUT2D eigenvalue weighted by molar-refractivity contribution is 0.172. The van der Waals surface area contributed by atoms with Crippen molar-refractivity contribution >= 4 is 16.0 Å². The molecule has 2 N–H and O–H groups in total. The third-order valence-electron chi connectivity index (χ3n) is 6.08. The summed E-state index contributed by atoms with van der Waals surface area (Å²) in [4.78, 5) is 4.43. The first-order chi connectivity index (χ1) is 18.7. The molecule has 0 aliphatic heterocycles. The van der Waals surface area contributed by atoms with Crippen molar-refractivity contribution in [3.05, 3.63) is 66.2 Å². The highest BCUT2D eigenvalue weighted by Crippen LogP contribution is 2.38. The molecule has 0 radical (unpaired) electrons. The van der Waals surface area contributed by atoms with Crippen LogP contribution in [0.2, 0.25) is 0 Å². The van der Waals surface area contributed by atoms with Gasteiger partial charge in [-0.3, -0.25) is 9.29 Å². The maximum atomic E-state index is 13.6. The molecule has 13 heteroatoms. The average molecular weight is 556 g/mol. The number of methoxy groups -OCH3 is 4. The van der Waals surface area contributed by atoms with Gasteiger partial charge in [0.1, 0.15) is 40.0 Å². The van der Waals surface area contributed by atoms with E-state index < -0.39 is 21.4 Å². The summed E-state index contributed by atoms with van der Waals surface area (Å²) in [6.45, 7) is 1.38. The number of ether oxygens (including phenoxy) is 4. The Hall–Kier alpha value is -4.36. The summed E-state index contributed by atoms with van der Waals surface area (Å²) >= 11 is 0. The van der Waals surface area contributed by atoms with Crippen LogP contribution in [0.1, 0.15) is 18.6 Å². The molecule has 0 amide bonds. The van der Waals surface area contributed by atoms with E-state index in [1.165, 1.54) is 39.9 Å². The number of anilines is 1. The summed E-state index contributed by atoms with van der Waals surface area (Å²) in [5, 5.41) is 18.1. The van der Waals surface area contributed by atoms with Gasteiger partial charge in [-0.1, -0.05) is 30.3 Å². The van der Waals surface area contributed by atoms with Crippen molar-refractivity contribution in [2.45, 2.75) is 18.3 Å². The number of hydrogen-bond donors (Lipinski definition) is 2. The predicted molar refractivity (Wildman–Crippen MR) is 144 cm³/mol. The maximum absolute atomic E-state index is 13.6. The van der Waals surface area contributed by atoms with Gasteiger partial charge in [-0.25, -0.2) is 13.4 Å². The summed E-state index contributed by atoms with van der Waals surface area (Å²) in [6.07, 6.45) is -1.41. The highest BCUT2D eigenvalue weighted by molar-refractivity contribution is 7.93. The van der Waals surface area contributed by atoms with Crippen molar-refractivity contribution in [2.24, 2.45) is 0 Å². The topological polar surface area (TPSA) is 147 Å². The molecule has 0 aliphatic carbocycles. The second kappa shape index (κ2) is 11.6. The van der Waals surface area contributed by atoms with Crippen LogP contribution in [-0.2, 0) is 10.0 Å². The summed E-state index contributed by atoms with van der Waals surface area (Å²) in [7, 11) is 1.63. The van der Waals surface area contributed by atoms with Gasteiger partial charge < -0.3 is 24.1 Å². The van der Waals surface area contributed by atoms with Crippen molar-refractivity contribution in [1.82, 2.24) is 19.7 Å². The van der Waals surface area contributed by atoms with E-state index in [0.29, 0.717) is 40.1 Å². The van der Waals surface area contributed by atoms with E-state index in [9.17, 15) is 13.5 Å². The number of hydrogen-bond acceptors (Lipinski definition) is 10. The molecule has 0 saturated carbocycles. The number of nitrogens with one attached hydrogen (secondary N) is 1. The Morgan fingerprint density at radius 2 is 1.44 bits per heavy atom. The average Bonchev–Trinajstić information content (AvgIpc) is 3.37. The van der Waals surface area contributed by atoms with Crippen LogP contribution in [0.5, 0.6) is 23.1 Å². The van der Waals surface area contributed by atoms with Crippen LogP contribution in [0.4, 0.5) is 5.95 Å². The minimum absolute atomic E-state index is 0.170. The van der Waals surface area contributed by atoms with E-state index >= 15 is 0 Å². The monoisotopic (exact) mass is 555 g/mol. The molecule has 0 fully saturated rings. The van der Waals surface area contributed by atoms with E-state index in [0.717, 1.165) is 0 Å². The number of para-hydroxylation sites is 2. The quantitative estimate of drug-likeness (QED) is 0.283. The van der Waals surface area contributed by atoms with Gasteiger partial charge in [0.25, 0.3) is 0 Å². The zero-order valence-electron chi connectivity index (χ0n) is 22.0. The molecular formula is C26H29N5O7S. The molecule has 4 aromatic rings. The predicted octanol–water partition coefficient (Wildman–Crippen LogP) is 3.23. The second-order valence-corrected chi connectivity index (χ2v) is 10.3. The first-order valence-corrected chi connectivity index (χ1v) is 13.3. The molecule has 0 bridgehead atoms. The van der Waals surface area contributed by atoms with Gasteiger partial charge in [0.05, 0.1) is 28.4 Å². The Labute approximate surface area is 226 Å². The smallest absolute Gasteiger partial charge is 0.243 e. The van der Waals surface area contributed by atoms with Crippen LogP contribution in [0.15, 0.2) is 60.7 Å². The highest BCUT2D eigenvalue weighted by atomic mass is 32.2. The molecule has 2 aromatic carbocycles. The number of pyridine rings is 1. The molecule has 2 heterocycles. The molecule has 2 aromatic heterocycles. The molecular weight excluding hydrogens is 526 g/mol. The Bertz CT molecular complexity index is 1540. The molecule has 0 spiro atoms. The summed E-state index contributed by atoms with van der Waals surface area (Å²) < 4.78 is 52.7. The third-order valence-corrected chi connectivity index (χ3v) is 7.78. The van der Waals surface area contributed by atoms with Crippen molar-refractivity contribution < 1.29 is 32.5 Å². The fourth-order valence-electron chi connectivity index (χ4n) is 3.99. The summed E-state index contributed by atoms with van der Waals surface area (Å²) in [5.41, 5.74) is 1.01. The lowest BCUT2D eigenvalue weighted by Crippen LogP contribution is -2.32. The lowest BCUT2D eigenvalue weighted by atomic mass is 10.1. The Morgan fingerprint density at radius 3 is 2.08 bits per heavy atom. The zero-order chi connectivity index (χ0) is 28.2. The molecule has 2 atom stereocenters. The number of rotatable bonds is 11. The lowest BCUT2D eigenvalue weighted by Gasteiger charge is -2.22. The van der Waals surface area contributed by atoms with Crippen LogP contribution in [0, 0.1) is 0 Å². The summed E-state index contributed by atoms with van der Waals surface area (Å²) in [6, 6.07) is 16.8. The largest absolute Gasteiger partial charge is 0.496 e. The Balaban J connectivity index is 1.85. The number of nitrogens with zero attached hydrogens (tertiary/aromatic N) is 4. The van der Waals surface area contributed by atoms with Gasteiger partial charge in [0.15, 0.2) is 5.82 Å². The number of aliphatic hydroxyl groups is 1. The Morgan fingerprint density at radius 1 is 0.821 bits per heavy atom. The second-order valence-electron chi connectivity index (χ2n) is 8.30. The van der Waals surface area contributed by atoms with Crippen molar-refractivity contribution in [1.29, 1.82) is 0 Å². The van der Waals surface area contributed by atoms with Gasteiger partial charge in [0, 0.05) is 11.6 Å². The van der Waals surface area contributed by atoms with Gasteiger partial charge in [-0.2, -0.15) is 0 Å². The van der Waals surface area contributed by atoms with Crippen LogP contribution in [0.25, 0.3) is 17.2 Å². The van der Waals surface area contributed by atoms with Crippen LogP contribution >= 0.6 is 0 Å². The van der Waals surface area contributed by atoms with E-state index in [-0.39, 0.29) is 11.8 Å². The van der Waals surface area contributed by atoms with Gasteiger partial charge >= 0.3 is 0 Å². The van der Waals surface area contributed by atoms with Crippen molar-refractivity contribution in [3.63, 3.8) is 0 Å². The standard InChI is InChI=1S/C26H29N5O7S/c1-16(24(32)17-10-6-7-12-19(17)35-2)39(33,34)30-26-29-28-25(18-11-8-15-22(27-18)38-5)31(26)23-20(36-3)13-9-14-21(23)37-4/h6-16,24,32H,1-5H3,(H,29,30)/t16-,24+/m1/s1. The van der Waals surface area contributed by atoms with E-state index in [1.807, 2.05) is 0 Å². The Kier molecular flexibility index (Phi) is 8.21. The molecule has 4 rings (SSSR count). The maximum Gasteiger partial charge on any atom is 0.243 e. The zero-order valence-corrected chi connectivity index (χ0v) is 22.8. The van der Waals surface area contributed by atoms with Crippen LogP contribution in [0.3, 0.4) is 0 Å². The molecule has 206 valence electrons. The fourth-order valence-corrected chi connectivity index (χ4v) is 5.05. The fraction of sp³-hybridized carbons (Fsp3) is 0.269. The molecule has 0 aliphatic rings. The number of aliphatic hydroxyl groups excluding tert-OH is 1. The number of sulfonamides is 1. The minimum Gasteiger partial charge on any atom is -0.496 e. The van der Waals surface area contributed by atoms with E-state index in [2.05, 4.69) is 19.9 Å². The summed E-state index contributed by atoms with van der Waals surface area (Å²) in [5.74, 6) is 1.43. The molecule has 12 nitrogen and oxygen atoms in total. The number of benzene rings is 2. The van der Waals surface area contributed by atoms with E-state index in [1.54, 1.807) is 60.7 Å².